The van der Waals surface area contributed by atoms with Crippen LogP contribution in [0.3, 0.4) is 0 Å². The van der Waals surface area contributed by atoms with Crippen LogP contribution in [-0.2, 0) is 0 Å². The minimum atomic E-state index is 0.135. The van der Waals surface area contributed by atoms with Crippen LogP contribution in [0.15, 0.2) is 48.8 Å². The van der Waals surface area contributed by atoms with Gasteiger partial charge >= 0.3 is 0 Å². The van der Waals surface area contributed by atoms with Crippen molar-refractivity contribution in [3.05, 3.63) is 71.0 Å². The van der Waals surface area contributed by atoms with Crippen molar-refractivity contribution in [3.8, 4) is 12.1 Å². The van der Waals surface area contributed by atoms with Crippen molar-refractivity contribution in [1.29, 1.82) is 10.5 Å². The van der Waals surface area contributed by atoms with E-state index in [9.17, 15) is 0 Å². The fraction of sp³-hybridized carbons (Fsp3) is 0.100. The molecule has 0 saturated heterocycles. The number of hydrogen-bond donors (Lipinski definition) is 2. The van der Waals surface area contributed by atoms with Crippen LogP contribution in [0.4, 0.5) is 0 Å². The molecule has 4 aromatic rings. The number of rotatable bonds is 2. The summed E-state index contributed by atoms with van der Waals surface area (Å²) in [5.74, 6) is 0.135. The van der Waals surface area contributed by atoms with Crippen molar-refractivity contribution in [2.45, 2.75) is 12.8 Å². The van der Waals surface area contributed by atoms with Crippen molar-refractivity contribution in [2.24, 2.45) is 0 Å². The SMILES string of the molecule is CC(c1c[nH]c2ccc(C#N)cc12)c1c[nH]c2ccc(C#N)cc12. The van der Waals surface area contributed by atoms with Crippen molar-refractivity contribution in [2.75, 3.05) is 0 Å². The van der Waals surface area contributed by atoms with Crippen molar-refractivity contribution >= 4 is 21.8 Å². The molecule has 114 valence electrons. The number of fused-ring (bicyclic) bond motifs is 2. The van der Waals surface area contributed by atoms with Crippen LogP contribution in [0.5, 0.6) is 0 Å². The highest BCUT2D eigenvalue weighted by atomic mass is 14.7. The van der Waals surface area contributed by atoms with E-state index in [4.69, 9.17) is 10.5 Å². The first-order valence-electron chi connectivity index (χ1n) is 7.73. The second kappa shape index (κ2) is 5.30. The summed E-state index contributed by atoms with van der Waals surface area (Å²) in [6, 6.07) is 15.8. The summed E-state index contributed by atoms with van der Waals surface area (Å²) in [5.41, 5.74) is 5.64. The van der Waals surface area contributed by atoms with Crippen molar-refractivity contribution in [1.82, 2.24) is 9.97 Å². The van der Waals surface area contributed by atoms with Crippen LogP contribution in [-0.4, -0.2) is 9.97 Å². The number of hydrogen-bond acceptors (Lipinski definition) is 2. The molecule has 2 aromatic carbocycles. The van der Waals surface area contributed by atoms with E-state index < -0.39 is 0 Å². The molecule has 0 bridgehead atoms. The maximum atomic E-state index is 9.15. The molecule has 0 aliphatic heterocycles. The lowest BCUT2D eigenvalue weighted by Gasteiger charge is -2.10. The Morgan fingerprint density at radius 3 is 1.67 bits per heavy atom. The third-order valence-electron chi connectivity index (χ3n) is 4.62. The van der Waals surface area contributed by atoms with Crippen LogP contribution in [0, 0.1) is 22.7 Å². The third-order valence-corrected chi connectivity index (χ3v) is 4.62. The number of nitrogens with one attached hydrogen (secondary N) is 2. The van der Waals surface area contributed by atoms with Gasteiger partial charge in [0, 0.05) is 40.1 Å². The summed E-state index contributed by atoms with van der Waals surface area (Å²) in [4.78, 5) is 6.56. The molecular formula is C20H14N4. The highest BCUT2D eigenvalue weighted by Crippen LogP contribution is 2.34. The fourth-order valence-electron chi connectivity index (χ4n) is 3.31. The van der Waals surface area contributed by atoms with Gasteiger partial charge in [0.25, 0.3) is 0 Å². The number of H-pyrrole nitrogens is 2. The Hall–Kier alpha value is -3.50. The monoisotopic (exact) mass is 310 g/mol. The van der Waals surface area contributed by atoms with Gasteiger partial charge in [0.15, 0.2) is 0 Å². The molecule has 0 radical (unpaired) electrons. The molecule has 0 spiro atoms. The van der Waals surface area contributed by atoms with Gasteiger partial charge in [0.05, 0.1) is 23.3 Å². The van der Waals surface area contributed by atoms with Crippen LogP contribution < -0.4 is 0 Å². The maximum absolute atomic E-state index is 9.15. The van der Waals surface area contributed by atoms with Crippen LogP contribution >= 0.6 is 0 Å². The van der Waals surface area contributed by atoms with E-state index in [1.54, 1.807) is 0 Å². The molecule has 0 amide bonds. The maximum Gasteiger partial charge on any atom is 0.0991 e. The third kappa shape index (κ3) is 2.06. The van der Waals surface area contributed by atoms with Gasteiger partial charge in [-0.3, -0.25) is 0 Å². The zero-order valence-corrected chi connectivity index (χ0v) is 13.1. The zero-order chi connectivity index (χ0) is 16.7. The van der Waals surface area contributed by atoms with Gasteiger partial charge in [-0.15, -0.1) is 0 Å². The number of benzene rings is 2. The van der Waals surface area contributed by atoms with Gasteiger partial charge in [-0.1, -0.05) is 6.92 Å². The summed E-state index contributed by atoms with van der Waals surface area (Å²) in [7, 11) is 0. The molecule has 0 aliphatic carbocycles. The number of aromatic amines is 2. The van der Waals surface area contributed by atoms with Gasteiger partial charge in [-0.25, -0.2) is 0 Å². The topological polar surface area (TPSA) is 79.2 Å². The fourth-order valence-corrected chi connectivity index (χ4v) is 3.31. The number of nitriles is 2. The molecule has 0 atom stereocenters. The van der Waals surface area contributed by atoms with E-state index in [1.807, 2.05) is 48.8 Å². The van der Waals surface area contributed by atoms with Crippen LogP contribution in [0.2, 0.25) is 0 Å². The lowest BCUT2D eigenvalue weighted by atomic mass is 9.92. The lowest BCUT2D eigenvalue weighted by molar-refractivity contribution is 0.942. The van der Waals surface area contributed by atoms with Gasteiger partial charge in [0.1, 0.15) is 0 Å². The zero-order valence-electron chi connectivity index (χ0n) is 13.1. The second-order valence-electron chi connectivity index (χ2n) is 5.95. The smallest absolute Gasteiger partial charge is 0.0991 e. The average Bonchev–Trinajstić information content (AvgIpc) is 3.23. The molecule has 0 saturated carbocycles. The predicted octanol–water partition coefficient (Wildman–Crippen LogP) is 4.54. The number of aromatic nitrogens is 2. The lowest BCUT2D eigenvalue weighted by Crippen LogP contribution is -1.94. The highest BCUT2D eigenvalue weighted by molar-refractivity contribution is 5.89. The molecule has 24 heavy (non-hydrogen) atoms. The summed E-state index contributed by atoms with van der Waals surface area (Å²) in [6.45, 7) is 2.14. The molecule has 4 nitrogen and oxygen atoms in total. The molecule has 4 heteroatoms. The molecule has 0 fully saturated rings. The minimum absolute atomic E-state index is 0.135. The Kier molecular flexibility index (Phi) is 3.11. The molecule has 0 unspecified atom stereocenters. The first-order valence-corrected chi connectivity index (χ1v) is 7.73. The van der Waals surface area contributed by atoms with E-state index >= 15 is 0 Å². The van der Waals surface area contributed by atoms with Crippen LogP contribution in [0.25, 0.3) is 21.8 Å². The standard InChI is InChI=1S/C20H14N4/c1-12(17-10-23-19-4-2-13(8-21)6-15(17)19)18-11-24-20-5-3-14(9-22)7-16(18)20/h2-7,10-12,23-24H,1H3. The predicted molar refractivity (Wildman–Crippen MR) is 93.5 cm³/mol. The Morgan fingerprint density at radius 1 is 0.792 bits per heavy atom. The summed E-state index contributed by atoms with van der Waals surface area (Å²) in [6.07, 6.45) is 4.01. The normalized spacial score (nSPS) is 11.0. The molecular weight excluding hydrogens is 296 g/mol. The van der Waals surface area contributed by atoms with E-state index in [2.05, 4.69) is 29.0 Å². The van der Waals surface area contributed by atoms with Gasteiger partial charge in [0.2, 0.25) is 0 Å². The summed E-state index contributed by atoms with van der Waals surface area (Å²) in [5, 5.41) is 20.4. The largest absolute Gasteiger partial charge is 0.361 e. The van der Waals surface area contributed by atoms with Gasteiger partial charge < -0.3 is 9.97 Å². The van der Waals surface area contributed by atoms with E-state index in [1.165, 1.54) is 0 Å². The second-order valence-corrected chi connectivity index (χ2v) is 5.95. The van der Waals surface area contributed by atoms with Crippen molar-refractivity contribution in [3.63, 3.8) is 0 Å². The quantitative estimate of drug-likeness (QED) is 0.570. The van der Waals surface area contributed by atoms with E-state index in [-0.39, 0.29) is 5.92 Å². The highest BCUT2D eigenvalue weighted by Gasteiger charge is 2.17. The first kappa shape index (κ1) is 14.1. The summed E-state index contributed by atoms with van der Waals surface area (Å²) < 4.78 is 0. The summed E-state index contributed by atoms with van der Waals surface area (Å²) >= 11 is 0. The Balaban J connectivity index is 1.89. The molecule has 2 aromatic heterocycles. The van der Waals surface area contributed by atoms with Crippen molar-refractivity contribution < 1.29 is 0 Å². The molecule has 2 heterocycles. The Morgan fingerprint density at radius 2 is 1.25 bits per heavy atom. The van der Waals surface area contributed by atoms with E-state index in [0.717, 1.165) is 32.9 Å². The molecule has 0 aliphatic rings. The number of nitrogens with zero attached hydrogens (tertiary/aromatic N) is 2. The molecule has 2 N–H and O–H groups in total. The van der Waals surface area contributed by atoms with Crippen LogP contribution in [0.1, 0.15) is 35.1 Å². The average molecular weight is 310 g/mol. The first-order chi connectivity index (χ1) is 11.7. The Labute approximate surface area is 139 Å². The van der Waals surface area contributed by atoms with Gasteiger partial charge in [-0.05, 0) is 47.5 Å². The minimum Gasteiger partial charge on any atom is -0.361 e. The molecule has 4 rings (SSSR count). The Bertz CT molecular complexity index is 1060. The van der Waals surface area contributed by atoms with E-state index in [0.29, 0.717) is 11.1 Å². The van der Waals surface area contributed by atoms with Gasteiger partial charge in [-0.2, -0.15) is 10.5 Å².